The van der Waals surface area contributed by atoms with E-state index in [9.17, 15) is 4.79 Å². The average Bonchev–Trinajstić information content (AvgIpc) is 2.27. The van der Waals surface area contributed by atoms with Crippen molar-refractivity contribution in [2.24, 2.45) is 0 Å². The lowest BCUT2D eigenvalue weighted by Gasteiger charge is -2.10. The zero-order valence-corrected chi connectivity index (χ0v) is 12.0. The highest BCUT2D eigenvalue weighted by molar-refractivity contribution is 5.66. The minimum Gasteiger partial charge on any atom is -0.463 e. The topological polar surface area (TPSA) is 46.5 Å². The number of carbonyl (C=O) groups is 1. The number of rotatable bonds is 8. The number of aliphatic hydroxyl groups is 1. The van der Waals surface area contributed by atoms with E-state index in [0.29, 0.717) is 0 Å². The zero-order chi connectivity index (χ0) is 14.0. The van der Waals surface area contributed by atoms with Gasteiger partial charge in [0.2, 0.25) is 0 Å². The third-order valence-electron chi connectivity index (χ3n) is 2.71. The van der Waals surface area contributed by atoms with Crippen molar-refractivity contribution < 1.29 is 14.6 Å². The van der Waals surface area contributed by atoms with Crippen molar-refractivity contribution in [1.82, 2.24) is 0 Å². The van der Waals surface area contributed by atoms with Crippen molar-refractivity contribution in [2.75, 3.05) is 6.61 Å². The molecule has 3 nitrogen and oxygen atoms in total. The molecule has 0 aliphatic carbocycles. The molecule has 0 spiro atoms. The molecule has 3 heteroatoms. The summed E-state index contributed by atoms with van der Waals surface area (Å²) in [6, 6.07) is 0. The Labute approximate surface area is 111 Å². The van der Waals surface area contributed by atoms with Crippen LogP contribution in [0.5, 0.6) is 0 Å². The molecule has 0 fully saturated rings. The Morgan fingerprint density at radius 3 is 2.33 bits per heavy atom. The van der Waals surface area contributed by atoms with Gasteiger partial charge in [-0.05, 0) is 46.5 Å². The second-order valence-corrected chi connectivity index (χ2v) is 4.80. The van der Waals surface area contributed by atoms with Gasteiger partial charge in [0, 0.05) is 6.92 Å². The van der Waals surface area contributed by atoms with Gasteiger partial charge in [-0.25, -0.2) is 0 Å². The van der Waals surface area contributed by atoms with E-state index in [1.54, 1.807) is 0 Å². The van der Waals surface area contributed by atoms with Crippen LogP contribution in [0.4, 0.5) is 0 Å². The Bertz CT molecular complexity index is 303. The summed E-state index contributed by atoms with van der Waals surface area (Å²) in [5, 5.41) is 8.85. The lowest BCUT2D eigenvalue weighted by Crippen LogP contribution is -2.11. The molecule has 0 heterocycles. The summed E-state index contributed by atoms with van der Waals surface area (Å²) in [5.41, 5.74) is 2.36. The summed E-state index contributed by atoms with van der Waals surface area (Å²) in [5.74, 6) is -0.215. The predicted octanol–water partition coefficient (Wildman–Crippen LogP) is 3.38. The van der Waals surface area contributed by atoms with Crippen molar-refractivity contribution >= 4 is 5.97 Å². The van der Waals surface area contributed by atoms with Crippen LogP contribution in [-0.2, 0) is 9.53 Å². The maximum Gasteiger partial charge on any atom is 0.302 e. The lowest BCUT2D eigenvalue weighted by atomic mass is 10.1. The van der Waals surface area contributed by atoms with Gasteiger partial charge in [0.25, 0.3) is 0 Å². The fraction of sp³-hybridized carbons (Fsp3) is 0.667. The van der Waals surface area contributed by atoms with E-state index < -0.39 is 0 Å². The van der Waals surface area contributed by atoms with E-state index in [-0.39, 0.29) is 18.7 Å². The highest BCUT2D eigenvalue weighted by Crippen LogP contribution is 2.10. The third-order valence-corrected chi connectivity index (χ3v) is 2.71. The first-order valence-corrected chi connectivity index (χ1v) is 6.55. The molecule has 1 unspecified atom stereocenters. The van der Waals surface area contributed by atoms with Crippen LogP contribution in [0.15, 0.2) is 23.3 Å². The van der Waals surface area contributed by atoms with Crippen LogP contribution in [0.25, 0.3) is 0 Å². The van der Waals surface area contributed by atoms with E-state index in [2.05, 4.69) is 19.1 Å². The number of esters is 1. The smallest absolute Gasteiger partial charge is 0.302 e. The normalized spacial score (nSPS) is 14.5. The fourth-order valence-corrected chi connectivity index (χ4v) is 1.62. The summed E-state index contributed by atoms with van der Waals surface area (Å²) >= 11 is 0. The molecule has 0 radical (unpaired) electrons. The molecular formula is C15H26O3. The number of allylic oxidation sites excluding steroid dienone is 3. The van der Waals surface area contributed by atoms with Gasteiger partial charge >= 0.3 is 5.97 Å². The highest BCUT2D eigenvalue weighted by Gasteiger charge is 2.03. The van der Waals surface area contributed by atoms with Crippen molar-refractivity contribution in [3.63, 3.8) is 0 Å². The van der Waals surface area contributed by atoms with E-state index in [4.69, 9.17) is 9.84 Å². The Balaban J connectivity index is 3.80. The first-order valence-electron chi connectivity index (χ1n) is 6.55. The predicted molar refractivity (Wildman–Crippen MR) is 74.3 cm³/mol. The van der Waals surface area contributed by atoms with Crippen LogP contribution in [0.3, 0.4) is 0 Å². The molecule has 0 amide bonds. The number of ether oxygens (including phenoxy) is 1. The molecule has 0 saturated carbocycles. The van der Waals surface area contributed by atoms with Crippen LogP contribution >= 0.6 is 0 Å². The van der Waals surface area contributed by atoms with Gasteiger partial charge < -0.3 is 9.84 Å². The molecule has 0 bridgehead atoms. The van der Waals surface area contributed by atoms with Gasteiger partial charge in [-0.1, -0.05) is 23.3 Å². The number of hydrogen-bond donors (Lipinski definition) is 1. The largest absolute Gasteiger partial charge is 0.463 e. The van der Waals surface area contributed by atoms with Gasteiger partial charge in [-0.15, -0.1) is 0 Å². The second-order valence-electron chi connectivity index (χ2n) is 4.80. The van der Waals surface area contributed by atoms with Crippen molar-refractivity contribution in [2.45, 2.75) is 59.5 Å². The Morgan fingerprint density at radius 1 is 1.17 bits per heavy atom. The molecule has 0 saturated heterocycles. The third kappa shape index (κ3) is 10.1. The quantitative estimate of drug-likeness (QED) is 0.533. The van der Waals surface area contributed by atoms with Gasteiger partial charge in [0.05, 0.1) is 12.7 Å². The minimum absolute atomic E-state index is 0.0110. The van der Waals surface area contributed by atoms with E-state index >= 15 is 0 Å². The van der Waals surface area contributed by atoms with Crippen molar-refractivity contribution in [3.05, 3.63) is 23.3 Å². The van der Waals surface area contributed by atoms with Crippen LogP contribution in [0.1, 0.15) is 53.4 Å². The standard InChI is InChI=1S/C15H26O3/c1-12(7-5-9-13(2)11-16)8-6-10-14(3)18-15(4)17/h8-9,14,16H,5-7,10-11H2,1-4H3/b12-8+,13-9?. The first kappa shape index (κ1) is 16.9. The Morgan fingerprint density at radius 2 is 1.78 bits per heavy atom. The molecule has 104 valence electrons. The fourth-order valence-electron chi connectivity index (χ4n) is 1.62. The molecule has 0 aromatic heterocycles. The van der Waals surface area contributed by atoms with Crippen molar-refractivity contribution in [1.29, 1.82) is 0 Å². The van der Waals surface area contributed by atoms with Gasteiger partial charge in [0.1, 0.15) is 0 Å². The summed E-state index contributed by atoms with van der Waals surface area (Å²) in [7, 11) is 0. The van der Waals surface area contributed by atoms with Crippen LogP contribution < -0.4 is 0 Å². The van der Waals surface area contributed by atoms with Crippen LogP contribution in [0.2, 0.25) is 0 Å². The molecule has 18 heavy (non-hydrogen) atoms. The van der Waals surface area contributed by atoms with Gasteiger partial charge in [-0.2, -0.15) is 0 Å². The number of aliphatic hydroxyl groups excluding tert-OH is 1. The maximum absolute atomic E-state index is 10.7. The molecule has 1 atom stereocenters. The van der Waals surface area contributed by atoms with Crippen molar-refractivity contribution in [3.8, 4) is 0 Å². The molecule has 0 rings (SSSR count). The summed E-state index contributed by atoms with van der Waals surface area (Å²) < 4.78 is 5.05. The summed E-state index contributed by atoms with van der Waals surface area (Å²) in [6.07, 6.45) is 8.03. The summed E-state index contributed by atoms with van der Waals surface area (Å²) in [6.45, 7) is 7.53. The molecule has 0 aromatic rings. The minimum atomic E-state index is -0.215. The Hall–Kier alpha value is -1.09. The van der Waals surface area contributed by atoms with Crippen LogP contribution in [-0.4, -0.2) is 23.8 Å². The van der Waals surface area contributed by atoms with Crippen LogP contribution in [0, 0.1) is 0 Å². The SMILES string of the molecule is CC(=O)OC(C)CC/C=C(\C)CCC=C(C)CO. The number of carbonyl (C=O) groups excluding carboxylic acids is 1. The average molecular weight is 254 g/mol. The molecule has 0 aliphatic rings. The second kappa shape index (κ2) is 9.89. The van der Waals surface area contributed by atoms with E-state index in [1.807, 2.05) is 13.8 Å². The summed E-state index contributed by atoms with van der Waals surface area (Å²) in [4.78, 5) is 10.7. The lowest BCUT2D eigenvalue weighted by molar-refractivity contribution is -0.145. The molecule has 1 N–H and O–H groups in total. The van der Waals surface area contributed by atoms with E-state index in [1.165, 1.54) is 12.5 Å². The van der Waals surface area contributed by atoms with Gasteiger partial charge in [0.15, 0.2) is 0 Å². The molecule has 0 aromatic carbocycles. The first-order chi connectivity index (χ1) is 8.45. The number of hydrogen-bond acceptors (Lipinski definition) is 3. The highest BCUT2D eigenvalue weighted by atomic mass is 16.5. The van der Waals surface area contributed by atoms with E-state index in [0.717, 1.165) is 31.3 Å². The van der Waals surface area contributed by atoms with Gasteiger partial charge in [-0.3, -0.25) is 4.79 Å². The Kier molecular flexibility index (Phi) is 9.29. The zero-order valence-electron chi connectivity index (χ0n) is 12.0. The molecular weight excluding hydrogens is 228 g/mol. The maximum atomic E-state index is 10.7. The monoisotopic (exact) mass is 254 g/mol. The molecule has 0 aliphatic heterocycles.